The van der Waals surface area contributed by atoms with Crippen LogP contribution in [0.25, 0.3) is 11.1 Å². The van der Waals surface area contributed by atoms with Crippen LogP contribution >= 0.6 is 0 Å². The molecule has 4 heteroatoms. The van der Waals surface area contributed by atoms with Gasteiger partial charge in [0.05, 0.1) is 17.9 Å². The molecule has 4 nitrogen and oxygen atoms in total. The minimum absolute atomic E-state index is 0.0992. The van der Waals surface area contributed by atoms with Crippen molar-refractivity contribution in [2.24, 2.45) is 0 Å². The first-order valence-electron chi connectivity index (χ1n) is 10.1. The van der Waals surface area contributed by atoms with Gasteiger partial charge in [-0.25, -0.2) is 0 Å². The van der Waals surface area contributed by atoms with Crippen molar-refractivity contribution in [3.63, 3.8) is 0 Å². The van der Waals surface area contributed by atoms with Gasteiger partial charge in [0.2, 0.25) is 0 Å². The van der Waals surface area contributed by atoms with Gasteiger partial charge in [-0.15, -0.1) is 0 Å². The molecular formula is C23H27N3O. The van der Waals surface area contributed by atoms with Crippen LogP contribution in [0.4, 0.5) is 0 Å². The zero-order valence-corrected chi connectivity index (χ0v) is 16.3. The zero-order valence-electron chi connectivity index (χ0n) is 16.3. The lowest BCUT2D eigenvalue weighted by molar-refractivity contribution is 0.0760. The van der Waals surface area contributed by atoms with Crippen LogP contribution in [0.3, 0.4) is 0 Å². The molecule has 0 aliphatic heterocycles. The second-order valence-corrected chi connectivity index (χ2v) is 8.06. The third-order valence-electron chi connectivity index (χ3n) is 6.25. The number of ether oxygens (including phenoxy) is 1. The molecule has 2 heterocycles. The van der Waals surface area contributed by atoms with Crippen molar-refractivity contribution in [1.29, 1.82) is 5.26 Å². The first-order valence-corrected chi connectivity index (χ1v) is 10.1. The van der Waals surface area contributed by atoms with Gasteiger partial charge in [-0.3, -0.25) is 9.97 Å². The molecule has 2 aromatic rings. The quantitative estimate of drug-likeness (QED) is 0.743. The number of methoxy groups -OCH3 is 1. The summed E-state index contributed by atoms with van der Waals surface area (Å²) in [6, 6.07) is 6.70. The van der Waals surface area contributed by atoms with Gasteiger partial charge < -0.3 is 4.74 Å². The van der Waals surface area contributed by atoms with E-state index in [0.29, 0.717) is 6.61 Å². The number of fused-ring (bicyclic) bond motifs is 1. The molecule has 27 heavy (non-hydrogen) atoms. The van der Waals surface area contributed by atoms with Gasteiger partial charge in [0, 0.05) is 35.7 Å². The molecule has 0 amide bonds. The van der Waals surface area contributed by atoms with Crippen LogP contribution in [0.1, 0.15) is 66.7 Å². The van der Waals surface area contributed by atoms with Crippen LogP contribution in [0, 0.1) is 18.3 Å². The van der Waals surface area contributed by atoms with Crippen LogP contribution in [-0.4, -0.2) is 23.7 Å². The second kappa shape index (κ2) is 7.40. The Kier molecular flexibility index (Phi) is 4.97. The minimum Gasteiger partial charge on any atom is -0.384 e. The molecule has 0 spiro atoms. The Morgan fingerprint density at radius 2 is 2.00 bits per heavy atom. The summed E-state index contributed by atoms with van der Waals surface area (Å²) < 4.78 is 5.58. The van der Waals surface area contributed by atoms with E-state index in [0.717, 1.165) is 53.8 Å². The molecule has 0 bridgehead atoms. The summed E-state index contributed by atoms with van der Waals surface area (Å²) in [5, 5.41) is 10.2. The zero-order chi connectivity index (χ0) is 18.9. The monoisotopic (exact) mass is 361 g/mol. The van der Waals surface area contributed by atoms with Gasteiger partial charge in [0.15, 0.2) is 0 Å². The first kappa shape index (κ1) is 18.1. The van der Waals surface area contributed by atoms with Gasteiger partial charge in [-0.2, -0.15) is 5.26 Å². The average molecular weight is 361 g/mol. The van der Waals surface area contributed by atoms with E-state index in [1.165, 1.54) is 36.9 Å². The topological polar surface area (TPSA) is 58.8 Å². The van der Waals surface area contributed by atoms with E-state index in [9.17, 15) is 5.26 Å². The summed E-state index contributed by atoms with van der Waals surface area (Å²) in [6.45, 7) is 2.65. The molecule has 1 saturated carbocycles. The molecule has 140 valence electrons. The van der Waals surface area contributed by atoms with Crippen molar-refractivity contribution in [2.75, 3.05) is 13.7 Å². The molecule has 0 atom stereocenters. The summed E-state index contributed by atoms with van der Waals surface area (Å²) in [5.74, 6) is 0. The van der Waals surface area contributed by atoms with Crippen LogP contribution in [0.2, 0.25) is 0 Å². The number of aryl methyl sites for hydroxylation is 2. The van der Waals surface area contributed by atoms with Crippen LogP contribution in [0.15, 0.2) is 18.3 Å². The molecule has 2 aliphatic rings. The van der Waals surface area contributed by atoms with Gasteiger partial charge in [-0.05, 0) is 68.7 Å². The maximum absolute atomic E-state index is 10.2. The average Bonchev–Trinajstić information content (AvgIpc) is 2.88. The summed E-state index contributed by atoms with van der Waals surface area (Å²) in [7, 11) is 1.75. The Bertz CT molecular complexity index is 893. The molecular weight excluding hydrogens is 334 g/mol. The highest BCUT2D eigenvalue weighted by Gasteiger charge is 2.43. The maximum atomic E-state index is 10.2. The fourth-order valence-electron chi connectivity index (χ4n) is 4.76. The summed E-state index contributed by atoms with van der Waals surface area (Å²) in [4.78, 5) is 9.51. The Hall–Kier alpha value is -2.25. The molecule has 4 rings (SSSR count). The Balaban J connectivity index is 2.00. The van der Waals surface area contributed by atoms with E-state index in [-0.39, 0.29) is 5.41 Å². The number of rotatable bonds is 4. The number of nitrogens with zero attached hydrogens (tertiary/aromatic N) is 3. The van der Waals surface area contributed by atoms with Gasteiger partial charge in [-0.1, -0.05) is 12.8 Å². The Labute approximate surface area is 161 Å². The molecule has 0 aromatic carbocycles. The highest BCUT2D eigenvalue weighted by atomic mass is 16.5. The molecule has 1 fully saturated rings. The van der Waals surface area contributed by atoms with Crippen molar-refractivity contribution in [3.05, 3.63) is 46.5 Å². The third-order valence-corrected chi connectivity index (χ3v) is 6.25. The van der Waals surface area contributed by atoms with E-state index in [2.05, 4.69) is 17.1 Å². The molecule has 2 aliphatic carbocycles. The largest absolute Gasteiger partial charge is 0.384 e. The third kappa shape index (κ3) is 3.15. The van der Waals surface area contributed by atoms with Gasteiger partial charge in [0.1, 0.15) is 6.07 Å². The predicted octanol–water partition coefficient (Wildman–Crippen LogP) is 4.66. The minimum atomic E-state index is -0.0992. The van der Waals surface area contributed by atoms with Gasteiger partial charge in [0.25, 0.3) is 0 Å². The van der Waals surface area contributed by atoms with Crippen molar-refractivity contribution in [1.82, 2.24) is 9.97 Å². The number of hydrogen-bond donors (Lipinski definition) is 0. The highest BCUT2D eigenvalue weighted by molar-refractivity contribution is 5.76. The fraction of sp³-hybridized carbons (Fsp3) is 0.522. The molecule has 0 N–H and O–H groups in total. The van der Waals surface area contributed by atoms with Crippen molar-refractivity contribution in [2.45, 2.75) is 63.7 Å². The SMILES string of the molecule is COCC1(c2nc3c(c(-c4ccnc(C)c4)c2C#N)CCCCC3)CCC1. The van der Waals surface area contributed by atoms with E-state index >= 15 is 0 Å². The van der Waals surface area contributed by atoms with E-state index < -0.39 is 0 Å². The van der Waals surface area contributed by atoms with E-state index in [1.807, 2.05) is 19.2 Å². The Morgan fingerprint density at radius 3 is 2.67 bits per heavy atom. The normalized spacial score (nSPS) is 18.1. The molecule has 0 unspecified atom stereocenters. The molecule has 2 aromatic heterocycles. The lowest BCUT2D eigenvalue weighted by Crippen LogP contribution is -2.40. The van der Waals surface area contributed by atoms with Crippen molar-refractivity contribution >= 4 is 0 Å². The van der Waals surface area contributed by atoms with E-state index in [4.69, 9.17) is 9.72 Å². The lowest BCUT2D eigenvalue weighted by Gasteiger charge is -2.42. The second-order valence-electron chi connectivity index (χ2n) is 8.06. The Morgan fingerprint density at radius 1 is 1.19 bits per heavy atom. The number of hydrogen-bond acceptors (Lipinski definition) is 4. The summed E-state index contributed by atoms with van der Waals surface area (Å²) in [5.41, 5.74) is 7.31. The standard InChI is InChI=1S/C23H27N3O/c1-16-13-17(9-12-25-16)21-18-7-4-3-5-8-20(18)26-22(19(21)14-24)23(15-27-2)10-6-11-23/h9,12-13H,3-8,10-11,15H2,1-2H3. The van der Waals surface area contributed by atoms with Crippen LogP contribution in [0.5, 0.6) is 0 Å². The van der Waals surface area contributed by atoms with Gasteiger partial charge >= 0.3 is 0 Å². The van der Waals surface area contributed by atoms with Crippen molar-refractivity contribution < 1.29 is 4.74 Å². The van der Waals surface area contributed by atoms with Crippen LogP contribution in [-0.2, 0) is 23.0 Å². The summed E-state index contributed by atoms with van der Waals surface area (Å²) >= 11 is 0. The lowest BCUT2D eigenvalue weighted by atomic mass is 9.65. The van der Waals surface area contributed by atoms with Crippen molar-refractivity contribution in [3.8, 4) is 17.2 Å². The number of nitriles is 1. The molecule has 0 saturated heterocycles. The smallest absolute Gasteiger partial charge is 0.102 e. The van der Waals surface area contributed by atoms with E-state index in [1.54, 1.807) is 7.11 Å². The predicted molar refractivity (Wildman–Crippen MR) is 106 cm³/mol. The highest BCUT2D eigenvalue weighted by Crippen LogP contribution is 2.47. The fourth-order valence-corrected chi connectivity index (χ4v) is 4.76. The first-order chi connectivity index (χ1) is 13.2. The van der Waals surface area contributed by atoms with Crippen LogP contribution < -0.4 is 0 Å². The number of pyridine rings is 2. The molecule has 0 radical (unpaired) electrons. The maximum Gasteiger partial charge on any atom is 0.102 e. The summed E-state index contributed by atoms with van der Waals surface area (Å²) in [6.07, 6.45) is 10.7. The number of aromatic nitrogens is 2.